The molecule has 0 radical (unpaired) electrons. The predicted molar refractivity (Wildman–Crippen MR) is 112 cm³/mol. The van der Waals surface area contributed by atoms with E-state index < -0.39 is 29.3 Å². The standard InChI is InChI=1S/C22H28F2N2O2S/c1-2-12-26-13-11-19(16-26)17-3-7-21(8-4-17)25-29(27,28)22-9-5-18(6-10-22)20(14-23)15-24/h3-10,19-20,25H,2,11-16H2,1H3/t19-/m1/s1. The maximum absolute atomic E-state index is 12.8. The van der Waals surface area contributed by atoms with E-state index in [0.29, 0.717) is 17.2 Å². The Morgan fingerprint density at radius 3 is 2.31 bits per heavy atom. The number of halogens is 2. The molecule has 1 aliphatic heterocycles. The van der Waals surface area contributed by atoms with Crippen molar-refractivity contribution in [2.75, 3.05) is 37.7 Å². The Labute approximate surface area is 172 Å². The van der Waals surface area contributed by atoms with Crippen molar-refractivity contribution in [3.8, 4) is 0 Å². The zero-order chi connectivity index (χ0) is 20.9. The highest BCUT2D eigenvalue weighted by Gasteiger charge is 2.23. The van der Waals surface area contributed by atoms with Crippen molar-refractivity contribution in [2.24, 2.45) is 0 Å². The van der Waals surface area contributed by atoms with E-state index in [0.717, 1.165) is 32.5 Å². The van der Waals surface area contributed by atoms with Crippen LogP contribution in [0.2, 0.25) is 0 Å². The van der Waals surface area contributed by atoms with Gasteiger partial charge in [-0.05, 0) is 67.2 Å². The lowest BCUT2D eigenvalue weighted by Gasteiger charge is -2.15. The van der Waals surface area contributed by atoms with Crippen molar-refractivity contribution in [3.05, 3.63) is 59.7 Å². The molecule has 1 heterocycles. The van der Waals surface area contributed by atoms with E-state index in [1.54, 1.807) is 12.1 Å². The minimum absolute atomic E-state index is 0.0628. The van der Waals surface area contributed by atoms with Crippen LogP contribution in [0.1, 0.15) is 42.7 Å². The molecule has 29 heavy (non-hydrogen) atoms. The second-order valence-electron chi connectivity index (χ2n) is 7.59. The minimum Gasteiger partial charge on any atom is -0.303 e. The average molecular weight is 423 g/mol. The van der Waals surface area contributed by atoms with Crippen LogP contribution in [-0.4, -0.2) is 46.3 Å². The van der Waals surface area contributed by atoms with Crippen LogP contribution in [-0.2, 0) is 10.0 Å². The first-order valence-electron chi connectivity index (χ1n) is 10.0. The van der Waals surface area contributed by atoms with Crippen LogP contribution >= 0.6 is 0 Å². The number of hydrogen-bond acceptors (Lipinski definition) is 3. The second-order valence-corrected chi connectivity index (χ2v) is 9.27. The highest BCUT2D eigenvalue weighted by molar-refractivity contribution is 7.92. The molecule has 3 rings (SSSR count). The molecule has 158 valence electrons. The summed E-state index contributed by atoms with van der Waals surface area (Å²) in [4.78, 5) is 2.52. The molecule has 2 aromatic carbocycles. The molecule has 0 bridgehead atoms. The van der Waals surface area contributed by atoms with Gasteiger partial charge in [-0.3, -0.25) is 13.5 Å². The van der Waals surface area contributed by atoms with Crippen molar-refractivity contribution in [2.45, 2.75) is 36.5 Å². The van der Waals surface area contributed by atoms with E-state index in [-0.39, 0.29) is 4.90 Å². The lowest BCUT2D eigenvalue weighted by molar-refractivity contribution is 0.335. The Bertz CT molecular complexity index is 882. The van der Waals surface area contributed by atoms with E-state index in [1.165, 1.54) is 29.8 Å². The fourth-order valence-corrected chi connectivity index (χ4v) is 4.86. The molecule has 7 heteroatoms. The van der Waals surface area contributed by atoms with Gasteiger partial charge in [0.15, 0.2) is 0 Å². The van der Waals surface area contributed by atoms with Crippen molar-refractivity contribution in [1.29, 1.82) is 0 Å². The molecular formula is C22H28F2N2O2S. The third-order valence-electron chi connectivity index (χ3n) is 5.48. The molecule has 1 saturated heterocycles. The van der Waals surface area contributed by atoms with Crippen LogP contribution in [0, 0.1) is 0 Å². The quantitative estimate of drug-likeness (QED) is 0.637. The maximum atomic E-state index is 12.8. The minimum atomic E-state index is -3.76. The van der Waals surface area contributed by atoms with Gasteiger partial charge in [0.1, 0.15) is 0 Å². The van der Waals surface area contributed by atoms with E-state index >= 15 is 0 Å². The number of sulfonamides is 1. The molecule has 1 fully saturated rings. The molecular weight excluding hydrogens is 394 g/mol. The number of rotatable bonds is 9. The molecule has 1 atom stereocenters. The van der Waals surface area contributed by atoms with Gasteiger partial charge < -0.3 is 4.90 Å². The Morgan fingerprint density at radius 1 is 1.07 bits per heavy atom. The molecule has 0 aliphatic carbocycles. The fourth-order valence-electron chi connectivity index (χ4n) is 3.80. The number of hydrogen-bond donors (Lipinski definition) is 1. The Hall–Kier alpha value is -1.99. The number of nitrogens with zero attached hydrogens (tertiary/aromatic N) is 1. The zero-order valence-corrected chi connectivity index (χ0v) is 17.5. The zero-order valence-electron chi connectivity index (χ0n) is 16.7. The molecule has 0 saturated carbocycles. The molecule has 1 N–H and O–H groups in total. The van der Waals surface area contributed by atoms with E-state index in [2.05, 4.69) is 16.5 Å². The van der Waals surface area contributed by atoms with Gasteiger partial charge in [-0.1, -0.05) is 31.2 Å². The van der Waals surface area contributed by atoms with Crippen molar-refractivity contribution in [1.82, 2.24) is 4.90 Å². The molecule has 1 aliphatic rings. The number of nitrogens with one attached hydrogen (secondary N) is 1. The third-order valence-corrected chi connectivity index (χ3v) is 6.88. The summed E-state index contributed by atoms with van der Waals surface area (Å²) in [6.07, 6.45) is 2.27. The number of alkyl halides is 2. The van der Waals surface area contributed by atoms with Crippen molar-refractivity contribution < 1.29 is 17.2 Å². The summed E-state index contributed by atoms with van der Waals surface area (Å²) in [6, 6.07) is 13.2. The van der Waals surface area contributed by atoms with Gasteiger partial charge in [0.05, 0.1) is 18.2 Å². The molecule has 0 unspecified atom stereocenters. The highest BCUT2D eigenvalue weighted by atomic mass is 32.2. The van der Waals surface area contributed by atoms with Gasteiger partial charge >= 0.3 is 0 Å². The lowest BCUT2D eigenvalue weighted by Crippen LogP contribution is -2.20. The van der Waals surface area contributed by atoms with Gasteiger partial charge in [0.25, 0.3) is 10.0 Å². The number of likely N-dealkylation sites (tertiary alicyclic amines) is 1. The molecule has 2 aromatic rings. The van der Waals surface area contributed by atoms with E-state index in [9.17, 15) is 17.2 Å². The van der Waals surface area contributed by atoms with Crippen LogP contribution in [0.5, 0.6) is 0 Å². The van der Waals surface area contributed by atoms with Gasteiger partial charge in [-0.15, -0.1) is 0 Å². The van der Waals surface area contributed by atoms with Gasteiger partial charge in [-0.2, -0.15) is 0 Å². The molecule has 4 nitrogen and oxygen atoms in total. The van der Waals surface area contributed by atoms with Crippen LogP contribution in [0.25, 0.3) is 0 Å². The number of anilines is 1. The molecule has 0 aromatic heterocycles. The summed E-state index contributed by atoms with van der Waals surface area (Å²) in [6.45, 7) is 3.82. The predicted octanol–water partition coefficient (Wildman–Crippen LogP) is 4.71. The monoisotopic (exact) mass is 422 g/mol. The van der Waals surface area contributed by atoms with Gasteiger partial charge in [0.2, 0.25) is 0 Å². The van der Waals surface area contributed by atoms with E-state index in [1.807, 2.05) is 12.1 Å². The Kier molecular flexibility index (Phi) is 7.24. The van der Waals surface area contributed by atoms with Crippen LogP contribution in [0.15, 0.2) is 53.4 Å². The Balaban J connectivity index is 1.66. The maximum Gasteiger partial charge on any atom is 0.261 e. The first kappa shape index (κ1) is 21.7. The SMILES string of the molecule is CCCN1CC[C@@H](c2ccc(NS(=O)(=O)c3ccc(C(CF)CF)cc3)cc2)C1. The normalized spacial score (nSPS) is 17.7. The first-order valence-corrected chi connectivity index (χ1v) is 11.5. The largest absolute Gasteiger partial charge is 0.303 e. The van der Waals surface area contributed by atoms with Crippen LogP contribution in [0.3, 0.4) is 0 Å². The summed E-state index contributed by atoms with van der Waals surface area (Å²) < 4.78 is 53.4. The molecule has 0 amide bonds. The van der Waals surface area contributed by atoms with Crippen LogP contribution < -0.4 is 4.72 Å². The van der Waals surface area contributed by atoms with Gasteiger partial charge in [-0.25, -0.2) is 8.42 Å². The summed E-state index contributed by atoms with van der Waals surface area (Å²) in [5, 5.41) is 0. The average Bonchev–Trinajstić information content (AvgIpc) is 3.19. The Morgan fingerprint density at radius 2 is 1.72 bits per heavy atom. The number of benzene rings is 2. The first-order chi connectivity index (χ1) is 14.0. The summed E-state index contributed by atoms with van der Waals surface area (Å²) in [5.41, 5.74) is 2.16. The van der Waals surface area contributed by atoms with Crippen molar-refractivity contribution >= 4 is 15.7 Å². The van der Waals surface area contributed by atoms with Gasteiger partial charge in [0, 0.05) is 18.2 Å². The smallest absolute Gasteiger partial charge is 0.261 e. The fraction of sp³-hybridized carbons (Fsp3) is 0.455. The highest BCUT2D eigenvalue weighted by Crippen LogP contribution is 2.28. The van der Waals surface area contributed by atoms with E-state index in [4.69, 9.17) is 0 Å². The van der Waals surface area contributed by atoms with Crippen LogP contribution in [0.4, 0.5) is 14.5 Å². The lowest BCUT2D eigenvalue weighted by atomic mass is 9.98. The topological polar surface area (TPSA) is 49.4 Å². The van der Waals surface area contributed by atoms with Crippen molar-refractivity contribution in [3.63, 3.8) is 0 Å². The molecule has 0 spiro atoms. The summed E-state index contributed by atoms with van der Waals surface area (Å²) in [7, 11) is -3.76. The summed E-state index contributed by atoms with van der Waals surface area (Å²) in [5.74, 6) is -0.366. The summed E-state index contributed by atoms with van der Waals surface area (Å²) >= 11 is 0. The third kappa shape index (κ3) is 5.34. The second kappa shape index (κ2) is 9.67.